The van der Waals surface area contributed by atoms with Gasteiger partial charge in [-0.15, -0.1) is 0 Å². The molecule has 0 amide bonds. The van der Waals surface area contributed by atoms with Gasteiger partial charge in [-0.1, -0.05) is 30.3 Å². The van der Waals surface area contributed by atoms with Crippen molar-refractivity contribution in [2.75, 3.05) is 0 Å². The fourth-order valence-electron chi connectivity index (χ4n) is 0.716. The van der Waals surface area contributed by atoms with Crippen LogP contribution in [0, 0.1) is 35.6 Å². The molecule has 0 spiro atoms. The maximum Gasteiger partial charge on any atom is 0.103 e. The number of rotatable bonds is 3. The largest absolute Gasteiger partial charge is 0.539 e. The Bertz CT molecular complexity index is 325. The third-order valence-electron chi connectivity index (χ3n) is 1.19. The van der Waals surface area contributed by atoms with Crippen LogP contribution in [0.3, 0.4) is 0 Å². The van der Waals surface area contributed by atoms with Gasteiger partial charge in [0.05, 0.1) is 6.26 Å². The smallest absolute Gasteiger partial charge is 0.103 e. The molecule has 13 heavy (non-hydrogen) atoms. The normalized spacial score (nSPS) is 9.92. The van der Waals surface area contributed by atoms with Crippen LogP contribution in [0.5, 0.6) is 0 Å². The van der Waals surface area contributed by atoms with Crippen LogP contribution in [-0.4, -0.2) is 0 Å². The Morgan fingerprint density at radius 2 is 1.77 bits per heavy atom. The van der Waals surface area contributed by atoms with Gasteiger partial charge in [-0.25, -0.2) is 0 Å². The van der Waals surface area contributed by atoms with Gasteiger partial charge in [0, 0.05) is 35.6 Å². The average Bonchev–Trinajstić information content (AvgIpc) is 2.05. The molecule has 1 aromatic carbocycles. The number of benzene rings is 1. The summed E-state index contributed by atoms with van der Waals surface area (Å²) in [4.78, 5) is 0. The second kappa shape index (κ2) is 7.32. The maximum absolute atomic E-state index is 9.92. The summed E-state index contributed by atoms with van der Waals surface area (Å²) in [6, 6.07) is 9.27. The molecule has 67 valence electrons. The fourth-order valence-corrected chi connectivity index (χ4v) is 0.862. The molecule has 1 aromatic rings. The minimum atomic E-state index is -2.48. The minimum absolute atomic E-state index is 0. The molecule has 0 aliphatic heterocycles. The first kappa shape index (κ1) is 12.9. The molecule has 0 unspecified atom stereocenters. The molecule has 3 nitrogen and oxygen atoms in total. The Morgan fingerprint density at radius 3 is 2.31 bits per heavy atom. The van der Waals surface area contributed by atoms with Crippen molar-refractivity contribution in [3.8, 4) is 0 Å². The van der Waals surface area contributed by atoms with Crippen molar-refractivity contribution < 1.29 is 48.2 Å². The van der Waals surface area contributed by atoms with E-state index < -0.39 is 11.0 Å². The van der Waals surface area contributed by atoms with Crippen molar-refractivity contribution in [2.24, 2.45) is 0 Å². The third kappa shape index (κ3) is 6.04. The fraction of sp³-hybridized carbons (Fsp3) is 0. The topological polar surface area (TPSA) is 43.4 Å². The van der Waals surface area contributed by atoms with Crippen molar-refractivity contribution in [3.05, 3.63) is 42.2 Å². The zero-order valence-electron chi connectivity index (χ0n) is 6.75. The first-order valence-corrected chi connectivity index (χ1v) is 4.27. The Labute approximate surface area is 107 Å². The molecule has 0 aromatic heterocycles. The van der Waals surface area contributed by atoms with Gasteiger partial charge in [0.1, 0.15) is 11.0 Å². The van der Waals surface area contributed by atoms with Gasteiger partial charge in [-0.3, -0.25) is 0 Å². The number of hydrogen-bond donors (Lipinski definition) is 0. The van der Waals surface area contributed by atoms with Crippen LogP contribution in [0.1, 0.15) is 5.56 Å². The molecule has 0 saturated heterocycles. The van der Waals surface area contributed by atoms with Crippen LogP contribution < -0.4 is 0 Å². The Kier molecular flexibility index (Phi) is 7.27. The Morgan fingerprint density at radius 1 is 1.15 bits per heavy atom. The first-order chi connectivity index (χ1) is 5.79. The van der Waals surface area contributed by atoms with Gasteiger partial charge in [0.25, 0.3) is 0 Å². The predicted octanol–water partition coefficient (Wildman–Crippen LogP) is 1.90. The summed E-state index contributed by atoms with van der Waals surface area (Å²) in [5.41, 5.74) is 0.892. The van der Waals surface area contributed by atoms with E-state index >= 15 is 0 Å². The van der Waals surface area contributed by atoms with E-state index in [0.717, 1.165) is 11.8 Å². The molecule has 0 heterocycles. The summed E-state index contributed by atoms with van der Waals surface area (Å²) in [6.07, 6.45) is 2.69. The summed E-state index contributed by atoms with van der Waals surface area (Å²) in [5, 5.41) is 0. The van der Waals surface area contributed by atoms with E-state index in [4.69, 9.17) is 0 Å². The van der Waals surface area contributed by atoms with E-state index in [1.807, 2.05) is 30.3 Å². The van der Waals surface area contributed by atoms with Gasteiger partial charge >= 0.3 is 0 Å². The maximum atomic E-state index is 9.92. The van der Waals surface area contributed by atoms with Gasteiger partial charge in [0.15, 0.2) is 0 Å². The predicted molar refractivity (Wildman–Crippen MR) is 45.3 cm³/mol. The van der Waals surface area contributed by atoms with Gasteiger partial charge < -0.3 is 12.6 Å². The van der Waals surface area contributed by atoms with Crippen LogP contribution in [-0.2, 0) is 23.6 Å². The van der Waals surface area contributed by atoms with Crippen molar-refractivity contribution in [2.45, 2.75) is 0 Å². The van der Waals surface area contributed by atoms with Crippen LogP contribution in [0.4, 0.5) is 0 Å². The average molecular weight is 322 g/mol. The molecule has 5 heteroatoms. The molecule has 0 saturated carbocycles. The second-order valence-electron chi connectivity index (χ2n) is 2.01. The summed E-state index contributed by atoms with van der Waals surface area (Å²) in [6.45, 7) is 0. The summed E-state index contributed by atoms with van der Waals surface area (Å²) in [5.74, 6) is 0. The number of hydrogen-bond acceptors (Lipinski definition) is 4. The van der Waals surface area contributed by atoms with E-state index in [1.54, 1.807) is 6.08 Å². The van der Waals surface area contributed by atoms with E-state index in [9.17, 15) is 8.42 Å². The van der Waals surface area contributed by atoms with Gasteiger partial charge in [-0.2, -0.15) is 0 Å². The Balaban J connectivity index is 0.00000144. The molecule has 0 bridgehead atoms. The van der Waals surface area contributed by atoms with Crippen LogP contribution >= 0.6 is 0 Å². The zero-order chi connectivity index (χ0) is 8.81. The van der Waals surface area contributed by atoms with Crippen molar-refractivity contribution >= 4 is 17.1 Å². The minimum Gasteiger partial charge on any atom is -0.539 e. The summed E-state index contributed by atoms with van der Waals surface area (Å²) >= 11 is 0. The van der Waals surface area contributed by atoms with Crippen molar-refractivity contribution in [1.82, 2.24) is 0 Å². The second-order valence-corrected chi connectivity index (χ2v) is 2.61. The molecular formula is C8H7LaO3S-. The standard InChI is InChI=1S/C8H7O3S.La/c9-12(10)11-7-6-8-4-2-1-3-5-8;/h1-7H;/q-1;. The van der Waals surface area contributed by atoms with E-state index in [2.05, 4.69) is 4.18 Å². The summed E-state index contributed by atoms with van der Waals surface area (Å²) < 4.78 is 24.0. The zero-order valence-corrected chi connectivity index (χ0v) is 11.2. The Hall–Kier alpha value is -0.0952. The molecule has 1 radical (unpaired) electrons. The van der Waals surface area contributed by atoms with E-state index in [0.29, 0.717) is 0 Å². The van der Waals surface area contributed by atoms with E-state index in [1.165, 1.54) is 0 Å². The third-order valence-corrected chi connectivity index (χ3v) is 1.46. The SMILES string of the molecule is O=[S-](=O)OC=Cc1ccccc1.[La]. The molecule has 0 N–H and O–H groups in total. The summed E-state index contributed by atoms with van der Waals surface area (Å²) in [7, 11) is -2.48. The molecule has 0 fully saturated rings. The van der Waals surface area contributed by atoms with E-state index in [-0.39, 0.29) is 35.6 Å². The van der Waals surface area contributed by atoms with Crippen LogP contribution in [0.2, 0.25) is 0 Å². The molecule has 1 rings (SSSR count). The molecule has 0 aliphatic rings. The van der Waals surface area contributed by atoms with Crippen molar-refractivity contribution in [1.29, 1.82) is 0 Å². The molecule has 0 atom stereocenters. The monoisotopic (exact) mass is 322 g/mol. The van der Waals surface area contributed by atoms with Gasteiger partial charge in [-0.05, 0) is 11.6 Å². The molecular weight excluding hydrogens is 315 g/mol. The van der Waals surface area contributed by atoms with Crippen LogP contribution in [0.25, 0.3) is 6.08 Å². The van der Waals surface area contributed by atoms with Crippen molar-refractivity contribution in [3.63, 3.8) is 0 Å². The quantitative estimate of drug-likeness (QED) is 0.631. The van der Waals surface area contributed by atoms with Gasteiger partial charge in [0.2, 0.25) is 0 Å². The van der Waals surface area contributed by atoms with Crippen LogP contribution in [0.15, 0.2) is 36.6 Å². The molecule has 0 aliphatic carbocycles. The first-order valence-electron chi connectivity index (χ1n) is 3.27.